The highest BCUT2D eigenvalue weighted by atomic mass is 32.2. The maximum Gasteiger partial charge on any atom is 0.239 e. The molecule has 0 spiro atoms. The van der Waals surface area contributed by atoms with E-state index in [-0.39, 0.29) is 13.1 Å². The summed E-state index contributed by atoms with van der Waals surface area (Å²) in [5, 5.41) is 2.74. The summed E-state index contributed by atoms with van der Waals surface area (Å²) in [5.74, 6) is 0.132. The molecule has 1 N–H and O–H groups in total. The Morgan fingerprint density at radius 3 is 2.48 bits per heavy atom. The van der Waals surface area contributed by atoms with Gasteiger partial charge in [0.1, 0.15) is 5.75 Å². The molecule has 0 fully saturated rings. The average molecular weight is 391 g/mol. The number of hydrogen-bond donors (Lipinski definition) is 1. The molecule has 0 aliphatic carbocycles. The Bertz CT molecular complexity index is 867. The Morgan fingerprint density at radius 2 is 1.85 bits per heavy atom. The lowest BCUT2D eigenvalue weighted by Crippen LogP contribution is -2.38. The molecule has 0 aromatic heterocycles. The molecular weight excluding hydrogens is 364 g/mol. The van der Waals surface area contributed by atoms with Crippen molar-refractivity contribution in [2.75, 3.05) is 31.8 Å². The summed E-state index contributed by atoms with van der Waals surface area (Å²) in [7, 11) is -1.97. The number of benzene rings is 2. The third kappa shape index (κ3) is 6.69. The second-order valence-corrected chi connectivity index (χ2v) is 8.42. The van der Waals surface area contributed by atoms with Crippen molar-refractivity contribution in [3.8, 4) is 5.75 Å². The number of anilines is 1. The number of rotatable bonds is 9. The van der Waals surface area contributed by atoms with Gasteiger partial charge in [-0.3, -0.25) is 4.79 Å². The molecule has 2 aromatic rings. The summed E-state index contributed by atoms with van der Waals surface area (Å²) in [6.45, 7) is 1.96. The van der Waals surface area contributed by atoms with Gasteiger partial charge in [-0.2, -0.15) is 4.31 Å². The van der Waals surface area contributed by atoms with E-state index in [1.54, 1.807) is 12.1 Å². The minimum Gasteiger partial charge on any atom is -0.495 e. The SMILES string of the molecule is COc1ccc(C)cc1NC(=O)CN(CCCc1ccccc1)S(C)(=O)=O. The lowest BCUT2D eigenvalue weighted by atomic mass is 10.1. The molecule has 0 aliphatic heterocycles. The van der Waals surface area contributed by atoms with Gasteiger partial charge in [-0.15, -0.1) is 0 Å². The van der Waals surface area contributed by atoms with Gasteiger partial charge in [-0.05, 0) is 43.0 Å². The van der Waals surface area contributed by atoms with Crippen LogP contribution in [0.15, 0.2) is 48.5 Å². The molecule has 0 heterocycles. The van der Waals surface area contributed by atoms with E-state index in [9.17, 15) is 13.2 Å². The molecule has 6 nitrogen and oxygen atoms in total. The highest BCUT2D eigenvalue weighted by Gasteiger charge is 2.20. The topological polar surface area (TPSA) is 75.7 Å². The van der Waals surface area contributed by atoms with E-state index >= 15 is 0 Å². The summed E-state index contributed by atoms with van der Waals surface area (Å²) in [6, 6.07) is 15.3. The Labute approximate surface area is 161 Å². The number of aryl methyl sites for hydroxylation is 2. The highest BCUT2D eigenvalue weighted by Crippen LogP contribution is 2.25. The van der Waals surface area contributed by atoms with Crippen molar-refractivity contribution in [1.82, 2.24) is 4.31 Å². The van der Waals surface area contributed by atoms with Gasteiger partial charge < -0.3 is 10.1 Å². The number of hydrogen-bond acceptors (Lipinski definition) is 4. The second-order valence-electron chi connectivity index (χ2n) is 6.44. The predicted octanol–water partition coefficient (Wildman–Crippen LogP) is 2.84. The molecule has 2 rings (SSSR count). The molecule has 2 aromatic carbocycles. The summed E-state index contributed by atoms with van der Waals surface area (Å²) in [5.41, 5.74) is 2.63. The van der Waals surface area contributed by atoms with E-state index in [0.717, 1.165) is 23.8 Å². The number of methoxy groups -OCH3 is 1. The van der Waals surface area contributed by atoms with Crippen molar-refractivity contribution >= 4 is 21.6 Å². The van der Waals surface area contributed by atoms with Crippen LogP contribution < -0.4 is 10.1 Å². The number of nitrogens with one attached hydrogen (secondary N) is 1. The Hall–Kier alpha value is -2.38. The van der Waals surface area contributed by atoms with Crippen molar-refractivity contribution in [2.45, 2.75) is 19.8 Å². The van der Waals surface area contributed by atoms with E-state index in [2.05, 4.69) is 5.32 Å². The van der Waals surface area contributed by atoms with Gasteiger partial charge in [-0.1, -0.05) is 36.4 Å². The lowest BCUT2D eigenvalue weighted by Gasteiger charge is -2.20. The zero-order valence-corrected chi connectivity index (χ0v) is 16.8. The summed E-state index contributed by atoms with van der Waals surface area (Å²) >= 11 is 0. The van der Waals surface area contributed by atoms with Crippen molar-refractivity contribution in [3.05, 3.63) is 59.7 Å². The monoisotopic (exact) mass is 390 g/mol. The number of ether oxygens (including phenoxy) is 1. The second kappa shape index (κ2) is 9.53. The number of nitrogens with zero attached hydrogens (tertiary/aromatic N) is 1. The van der Waals surface area contributed by atoms with Crippen LogP contribution in [0.4, 0.5) is 5.69 Å². The molecule has 0 aliphatic rings. The van der Waals surface area contributed by atoms with Gasteiger partial charge in [0.25, 0.3) is 0 Å². The molecule has 1 amide bonds. The summed E-state index contributed by atoms with van der Waals surface area (Å²) in [6.07, 6.45) is 2.51. The summed E-state index contributed by atoms with van der Waals surface area (Å²) in [4.78, 5) is 12.4. The van der Waals surface area contributed by atoms with Crippen LogP contribution in [-0.4, -0.2) is 45.1 Å². The van der Waals surface area contributed by atoms with Crippen LogP contribution in [0.3, 0.4) is 0 Å². The third-order valence-corrected chi connectivity index (χ3v) is 5.38. The molecule has 7 heteroatoms. The lowest BCUT2D eigenvalue weighted by molar-refractivity contribution is -0.116. The average Bonchev–Trinajstić information content (AvgIpc) is 2.61. The Morgan fingerprint density at radius 1 is 1.15 bits per heavy atom. The van der Waals surface area contributed by atoms with Gasteiger partial charge in [0.05, 0.1) is 25.6 Å². The molecular formula is C20H26N2O4S. The molecule has 0 saturated carbocycles. The zero-order chi connectivity index (χ0) is 19.9. The molecule has 0 atom stereocenters. The minimum absolute atomic E-state index is 0.231. The normalized spacial score (nSPS) is 11.4. The standard InChI is InChI=1S/C20H26N2O4S/c1-16-11-12-19(26-2)18(14-16)21-20(23)15-22(27(3,24)25)13-7-10-17-8-5-4-6-9-17/h4-6,8-9,11-12,14H,7,10,13,15H2,1-3H3,(H,21,23). The quantitative estimate of drug-likeness (QED) is 0.714. The largest absolute Gasteiger partial charge is 0.495 e. The van der Waals surface area contributed by atoms with Crippen LogP contribution in [0.2, 0.25) is 0 Å². The minimum atomic E-state index is -3.49. The predicted molar refractivity (Wildman–Crippen MR) is 108 cm³/mol. The first-order chi connectivity index (χ1) is 12.8. The van der Waals surface area contributed by atoms with E-state index in [1.807, 2.05) is 43.3 Å². The van der Waals surface area contributed by atoms with Crippen LogP contribution >= 0.6 is 0 Å². The smallest absolute Gasteiger partial charge is 0.239 e. The molecule has 0 radical (unpaired) electrons. The maximum atomic E-state index is 12.4. The fourth-order valence-corrected chi connectivity index (χ4v) is 3.55. The van der Waals surface area contributed by atoms with Crippen molar-refractivity contribution < 1.29 is 17.9 Å². The van der Waals surface area contributed by atoms with Crippen molar-refractivity contribution in [1.29, 1.82) is 0 Å². The van der Waals surface area contributed by atoms with Crippen LogP contribution in [0.5, 0.6) is 5.75 Å². The molecule has 0 saturated heterocycles. The van der Waals surface area contributed by atoms with Gasteiger partial charge >= 0.3 is 0 Å². The Balaban J connectivity index is 1.99. The number of amides is 1. The molecule has 27 heavy (non-hydrogen) atoms. The zero-order valence-electron chi connectivity index (χ0n) is 15.9. The first-order valence-corrected chi connectivity index (χ1v) is 10.6. The number of sulfonamides is 1. The first kappa shape index (κ1) is 20.9. The highest BCUT2D eigenvalue weighted by molar-refractivity contribution is 7.88. The molecule has 146 valence electrons. The number of carbonyl (C=O) groups excluding carboxylic acids is 1. The van der Waals surface area contributed by atoms with Gasteiger partial charge in [0.15, 0.2) is 0 Å². The van der Waals surface area contributed by atoms with E-state index in [4.69, 9.17) is 4.74 Å². The fourth-order valence-electron chi connectivity index (χ4n) is 2.74. The first-order valence-electron chi connectivity index (χ1n) is 8.73. The van der Waals surface area contributed by atoms with Crippen molar-refractivity contribution in [3.63, 3.8) is 0 Å². The summed E-state index contributed by atoms with van der Waals surface area (Å²) < 4.78 is 30.6. The molecule has 0 unspecified atom stereocenters. The third-order valence-electron chi connectivity index (χ3n) is 4.13. The van der Waals surface area contributed by atoms with E-state index < -0.39 is 15.9 Å². The van der Waals surface area contributed by atoms with E-state index in [0.29, 0.717) is 17.9 Å². The van der Waals surface area contributed by atoms with Crippen LogP contribution in [0.1, 0.15) is 17.5 Å². The van der Waals surface area contributed by atoms with Gasteiger partial charge in [0.2, 0.25) is 15.9 Å². The molecule has 0 bridgehead atoms. The van der Waals surface area contributed by atoms with Gasteiger partial charge in [0, 0.05) is 6.54 Å². The fraction of sp³-hybridized carbons (Fsp3) is 0.350. The van der Waals surface area contributed by atoms with Crippen LogP contribution in [0, 0.1) is 6.92 Å². The van der Waals surface area contributed by atoms with E-state index in [1.165, 1.54) is 11.4 Å². The van der Waals surface area contributed by atoms with Gasteiger partial charge in [-0.25, -0.2) is 8.42 Å². The Kier molecular flexibility index (Phi) is 7.38. The van der Waals surface area contributed by atoms with Crippen LogP contribution in [-0.2, 0) is 21.2 Å². The number of carbonyl (C=O) groups is 1. The van der Waals surface area contributed by atoms with Crippen LogP contribution in [0.25, 0.3) is 0 Å². The van der Waals surface area contributed by atoms with Crippen molar-refractivity contribution in [2.24, 2.45) is 0 Å². The maximum absolute atomic E-state index is 12.4.